The van der Waals surface area contributed by atoms with E-state index >= 15 is 0 Å². The lowest BCUT2D eigenvalue weighted by molar-refractivity contribution is -0.150. The Hall–Kier alpha value is -3.15. The Balaban J connectivity index is 1.60. The molecule has 2 aromatic rings. The molecule has 0 radical (unpaired) electrons. The Morgan fingerprint density at radius 2 is 1.86 bits per heavy atom. The topological polar surface area (TPSA) is 86.7 Å². The number of carboxylic acid groups (broad SMARTS) is 1. The summed E-state index contributed by atoms with van der Waals surface area (Å²) >= 11 is 0. The molecule has 29 heavy (non-hydrogen) atoms. The van der Waals surface area contributed by atoms with E-state index in [0.29, 0.717) is 31.2 Å². The molecule has 0 bridgehead atoms. The summed E-state index contributed by atoms with van der Waals surface area (Å²) in [6.07, 6.45) is 4.21. The van der Waals surface area contributed by atoms with Gasteiger partial charge in [-0.3, -0.25) is 9.59 Å². The Morgan fingerprint density at radius 1 is 1.10 bits per heavy atom. The quantitative estimate of drug-likeness (QED) is 0.786. The Bertz CT molecular complexity index is 1010. The summed E-state index contributed by atoms with van der Waals surface area (Å²) in [7, 11) is 0. The van der Waals surface area contributed by atoms with E-state index in [1.165, 1.54) is 4.90 Å². The molecule has 0 aliphatic carbocycles. The number of nitrogens with zero attached hydrogens (tertiary/aromatic N) is 1. The average molecular weight is 392 g/mol. The fourth-order valence-electron chi connectivity index (χ4n) is 4.39. The molecule has 150 valence electrons. The number of hydrogen-bond donors (Lipinski definition) is 2. The van der Waals surface area contributed by atoms with Gasteiger partial charge in [-0.25, -0.2) is 4.79 Å². The van der Waals surface area contributed by atoms with Crippen molar-refractivity contribution >= 4 is 28.6 Å². The maximum atomic E-state index is 13.2. The molecule has 1 saturated heterocycles. The predicted molar refractivity (Wildman–Crippen MR) is 109 cm³/mol. The van der Waals surface area contributed by atoms with Gasteiger partial charge >= 0.3 is 5.97 Å². The van der Waals surface area contributed by atoms with Crippen LogP contribution in [0.5, 0.6) is 0 Å². The van der Waals surface area contributed by atoms with Crippen molar-refractivity contribution in [2.75, 3.05) is 0 Å². The summed E-state index contributed by atoms with van der Waals surface area (Å²) in [6.45, 7) is 1.95. The third-order valence-corrected chi connectivity index (χ3v) is 5.92. The molecule has 0 saturated carbocycles. The van der Waals surface area contributed by atoms with Crippen molar-refractivity contribution in [1.29, 1.82) is 0 Å². The Kier molecular flexibility index (Phi) is 5.09. The summed E-state index contributed by atoms with van der Waals surface area (Å²) in [5.74, 6) is -1.62. The molecule has 0 spiro atoms. The summed E-state index contributed by atoms with van der Waals surface area (Å²) in [5, 5.41) is 14.4. The maximum absolute atomic E-state index is 13.2. The first-order valence-electron chi connectivity index (χ1n) is 9.94. The van der Waals surface area contributed by atoms with Gasteiger partial charge in [0.15, 0.2) is 0 Å². The molecular formula is C23H24N2O4. The molecule has 2 heterocycles. The summed E-state index contributed by atoms with van der Waals surface area (Å²) in [4.78, 5) is 39.3. The van der Waals surface area contributed by atoms with Gasteiger partial charge < -0.3 is 15.3 Å². The zero-order chi connectivity index (χ0) is 20.5. The van der Waals surface area contributed by atoms with Gasteiger partial charge in [-0.15, -0.1) is 0 Å². The lowest BCUT2D eigenvalue weighted by atomic mass is 9.98. The van der Waals surface area contributed by atoms with E-state index in [9.17, 15) is 19.5 Å². The minimum atomic E-state index is -0.985. The van der Waals surface area contributed by atoms with Crippen LogP contribution in [0, 0.1) is 0 Å². The van der Waals surface area contributed by atoms with Gasteiger partial charge in [0.05, 0.1) is 0 Å². The highest BCUT2D eigenvalue weighted by Crippen LogP contribution is 2.31. The third-order valence-electron chi connectivity index (χ3n) is 5.92. The first kappa shape index (κ1) is 19.2. The van der Waals surface area contributed by atoms with Crippen LogP contribution in [0.1, 0.15) is 43.0 Å². The molecule has 0 aromatic heterocycles. The van der Waals surface area contributed by atoms with Crippen molar-refractivity contribution < 1.29 is 19.5 Å². The van der Waals surface area contributed by atoms with Gasteiger partial charge in [-0.2, -0.15) is 0 Å². The highest BCUT2D eigenvalue weighted by atomic mass is 16.4. The molecule has 6 nitrogen and oxygen atoms in total. The van der Waals surface area contributed by atoms with Crippen molar-refractivity contribution in [2.24, 2.45) is 0 Å². The first-order valence-corrected chi connectivity index (χ1v) is 9.94. The fourth-order valence-corrected chi connectivity index (χ4v) is 4.39. The van der Waals surface area contributed by atoms with Gasteiger partial charge in [-0.05, 0) is 55.5 Å². The van der Waals surface area contributed by atoms with Gasteiger partial charge in [0.2, 0.25) is 5.91 Å². The number of nitrogens with one attached hydrogen (secondary N) is 1. The zero-order valence-electron chi connectivity index (χ0n) is 16.3. The molecule has 2 aromatic carbocycles. The molecule has 3 atom stereocenters. The van der Waals surface area contributed by atoms with Crippen LogP contribution in [0.3, 0.4) is 0 Å². The molecule has 6 heteroatoms. The number of aliphatic carboxylic acids is 1. The smallest absolute Gasteiger partial charge is 0.326 e. The van der Waals surface area contributed by atoms with Crippen LogP contribution in [0.2, 0.25) is 0 Å². The first-order chi connectivity index (χ1) is 13.9. The van der Waals surface area contributed by atoms with Crippen LogP contribution >= 0.6 is 0 Å². The van der Waals surface area contributed by atoms with E-state index in [2.05, 4.69) is 11.4 Å². The van der Waals surface area contributed by atoms with E-state index in [4.69, 9.17) is 0 Å². The lowest BCUT2D eigenvalue weighted by Gasteiger charge is -2.33. The molecule has 0 unspecified atom stereocenters. The molecule has 2 amide bonds. The van der Waals surface area contributed by atoms with Crippen LogP contribution in [-0.2, 0) is 9.59 Å². The van der Waals surface area contributed by atoms with Crippen molar-refractivity contribution in [3.8, 4) is 0 Å². The average Bonchev–Trinajstić information content (AvgIpc) is 3.14. The molecule has 4 rings (SSSR count). The second-order valence-corrected chi connectivity index (χ2v) is 7.91. The number of carboxylic acids is 1. The normalized spacial score (nSPS) is 26.2. The maximum Gasteiger partial charge on any atom is 0.326 e. The molecule has 1 fully saturated rings. The van der Waals surface area contributed by atoms with Crippen LogP contribution in [0.15, 0.2) is 54.1 Å². The molecule has 2 aliphatic heterocycles. The van der Waals surface area contributed by atoms with Gasteiger partial charge in [0, 0.05) is 11.6 Å². The van der Waals surface area contributed by atoms with E-state index in [1.807, 2.05) is 37.3 Å². The fraction of sp³-hybridized carbons (Fsp3) is 0.348. The number of amides is 2. The number of carbonyl (C=O) groups is 3. The van der Waals surface area contributed by atoms with E-state index in [-0.39, 0.29) is 17.9 Å². The SMILES string of the molecule is C/C1=C/C[C@H]2CC[C@@H](C(=O)O)N2C(=O)[C@@H](NC(=O)c2ccc3ccccc3c2)C1. The van der Waals surface area contributed by atoms with Gasteiger partial charge in [0.1, 0.15) is 12.1 Å². The number of rotatable bonds is 3. The minimum Gasteiger partial charge on any atom is -0.480 e. The molecule has 2 aliphatic rings. The highest BCUT2D eigenvalue weighted by Gasteiger charge is 2.43. The second kappa shape index (κ2) is 7.70. The highest BCUT2D eigenvalue weighted by molar-refractivity contribution is 6.01. The lowest BCUT2D eigenvalue weighted by Crippen LogP contribution is -2.54. The zero-order valence-corrected chi connectivity index (χ0v) is 16.3. The molecular weight excluding hydrogens is 368 g/mol. The van der Waals surface area contributed by atoms with Crippen LogP contribution in [0.25, 0.3) is 10.8 Å². The second-order valence-electron chi connectivity index (χ2n) is 7.91. The van der Waals surface area contributed by atoms with Crippen molar-refractivity contribution in [2.45, 2.75) is 50.7 Å². The number of hydrogen-bond acceptors (Lipinski definition) is 3. The monoisotopic (exact) mass is 392 g/mol. The molecule has 2 N–H and O–H groups in total. The largest absolute Gasteiger partial charge is 0.480 e. The van der Waals surface area contributed by atoms with Crippen molar-refractivity contribution in [3.63, 3.8) is 0 Å². The van der Waals surface area contributed by atoms with Gasteiger partial charge in [0.25, 0.3) is 5.91 Å². The van der Waals surface area contributed by atoms with Crippen molar-refractivity contribution in [1.82, 2.24) is 10.2 Å². The van der Waals surface area contributed by atoms with Crippen LogP contribution < -0.4 is 5.32 Å². The Morgan fingerprint density at radius 3 is 2.62 bits per heavy atom. The van der Waals surface area contributed by atoms with Crippen molar-refractivity contribution in [3.05, 3.63) is 59.7 Å². The summed E-state index contributed by atoms with van der Waals surface area (Å²) in [5.41, 5.74) is 1.51. The van der Waals surface area contributed by atoms with Crippen LogP contribution in [-0.4, -0.2) is 45.9 Å². The Labute approximate surface area is 169 Å². The third kappa shape index (κ3) is 3.75. The number of fused-ring (bicyclic) bond motifs is 2. The van der Waals surface area contributed by atoms with E-state index in [0.717, 1.165) is 16.3 Å². The minimum absolute atomic E-state index is 0.126. The summed E-state index contributed by atoms with van der Waals surface area (Å²) in [6, 6.07) is 11.5. The van der Waals surface area contributed by atoms with Gasteiger partial charge in [-0.1, -0.05) is 42.0 Å². The number of carbonyl (C=O) groups excluding carboxylic acids is 2. The van der Waals surface area contributed by atoms with E-state index in [1.54, 1.807) is 12.1 Å². The van der Waals surface area contributed by atoms with E-state index < -0.39 is 18.1 Å². The number of benzene rings is 2. The van der Waals surface area contributed by atoms with Crippen LogP contribution in [0.4, 0.5) is 0 Å². The summed E-state index contributed by atoms with van der Waals surface area (Å²) < 4.78 is 0. The standard InChI is InChI=1S/C23H24N2O4/c1-14-6-9-18-10-11-20(23(28)29)25(18)22(27)19(12-14)24-21(26)17-8-7-15-4-2-3-5-16(15)13-17/h2-8,13,18-20H,9-12H2,1H3,(H,24,26)(H,28,29)/b14-6-/t18-,19-,20-/m0/s1. The predicted octanol–water partition coefficient (Wildman–Crippen LogP) is 3.12.